The number of nitrogens with one attached hydrogen (secondary N) is 2. The van der Waals surface area contributed by atoms with Gasteiger partial charge in [0.1, 0.15) is 0 Å². The first-order valence-corrected chi connectivity index (χ1v) is 9.24. The molecule has 0 fully saturated rings. The average molecular weight is 343 g/mol. The molecular formula is C19H25N3OS. The summed E-state index contributed by atoms with van der Waals surface area (Å²) in [6.45, 7) is 7.31. The number of benzene rings is 1. The number of carbonyl (C=O) groups excluding carboxylic acids is 1. The molecule has 5 heteroatoms. The highest BCUT2D eigenvalue weighted by atomic mass is 32.1. The quantitative estimate of drug-likeness (QED) is 0.853. The second-order valence-electron chi connectivity index (χ2n) is 6.56. The molecule has 24 heavy (non-hydrogen) atoms. The fourth-order valence-corrected chi connectivity index (χ4v) is 4.41. The van der Waals surface area contributed by atoms with Gasteiger partial charge in [-0.1, -0.05) is 0 Å². The molecule has 2 aromatic rings. The Kier molecular flexibility index (Phi) is 4.81. The van der Waals surface area contributed by atoms with Crippen molar-refractivity contribution in [1.29, 1.82) is 0 Å². The first kappa shape index (κ1) is 16.8. The maximum absolute atomic E-state index is 12.3. The van der Waals surface area contributed by atoms with Crippen LogP contribution in [0.3, 0.4) is 0 Å². The minimum Gasteiger partial charge on any atom is -0.374 e. The summed E-state index contributed by atoms with van der Waals surface area (Å²) in [5.74, 6) is 0. The molecule has 2 amide bonds. The third-order valence-corrected chi connectivity index (χ3v) is 5.56. The van der Waals surface area contributed by atoms with Gasteiger partial charge in [0.2, 0.25) is 0 Å². The van der Waals surface area contributed by atoms with E-state index in [1.54, 1.807) is 11.3 Å². The van der Waals surface area contributed by atoms with Crippen LogP contribution in [0, 0.1) is 13.8 Å². The molecule has 3 rings (SSSR count). The number of rotatable bonds is 3. The number of aryl methyl sites for hydroxylation is 3. The second-order valence-corrected chi connectivity index (χ2v) is 8.02. The number of fused-ring (bicyclic) bond motifs is 1. The Morgan fingerprint density at radius 2 is 2.08 bits per heavy atom. The minimum atomic E-state index is -0.158. The molecule has 0 bridgehead atoms. The van der Waals surface area contributed by atoms with Crippen molar-refractivity contribution in [1.82, 2.24) is 5.32 Å². The number of anilines is 2. The zero-order chi connectivity index (χ0) is 17.3. The van der Waals surface area contributed by atoms with E-state index in [1.165, 1.54) is 26.6 Å². The fraction of sp³-hybridized carbons (Fsp3) is 0.421. The van der Waals surface area contributed by atoms with E-state index >= 15 is 0 Å². The van der Waals surface area contributed by atoms with Crippen LogP contribution in [0.1, 0.15) is 40.3 Å². The monoisotopic (exact) mass is 343 g/mol. The second kappa shape index (κ2) is 6.85. The van der Waals surface area contributed by atoms with Crippen molar-refractivity contribution in [3.05, 3.63) is 45.1 Å². The summed E-state index contributed by atoms with van der Waals surface area (Å²) in [5, 5.41) is 6.00. The van der Waals surface area contributed by atoms with Gasteiger partial charge in [0.15, 0.2) is 0 Å². The standard InChI is InChI=1S/C19H25N3OS/c1-12-10-17(14(3)24-12)13(2)20-19(23)21-16-7-8-18-15(11-16)6-5-9-22(18)4/h7-8,10-11,13H,5-6,9H2,1-4H3,(H2,20,21,23)/t13-/m1/s1. The van der Waals surface area contributed by atoms with Gasteiger partial charge in [0.25, 0.3) is 0 Å². The summed E-state index contributed by atoms with van der Waals surface area (Å²) in [7, 11) is 2.12. The van der Waals surface area contributed by atoms with Crippen molar-refractivity contribution < 1.29 is 4.79 Å². The van der Waals surface area contributed by atoms with Gasteiger partial charge in [-0.25, -0.2) is 4.79 Å². The SMILES string of the molecule is Cc1cc([C@@H](C)NC(=O)Nc2ccc3c(c2)CCCN3C)c(C)s1. The maximum atomic E-state index is 12.3. The molecule has 0 unspecified atom stereocenters. The molecule has 2 heterocycles. The number of hydrogen-bond donors (Lipinski definition) is 2. The van der Waals surface area contributed by atoms with E-state index < -0.39 is 0 Å². The van der Waals surface area contributed by atoms with E-state index in [-0.39, 0.29) is 12.1 Å². The number of nitrogens with zero attached hydrogens (tertiary/aromatic N) is 1. The molecule has 4 nitrogen and oxygen atoms in total. The Morgan fingerprint density at radius 1 is 1.29 bits per heavy atom. The molecular weight excluding hydrogens is 318 g/mol. The highest BCUT2D eigenvalue weighted by Crippen LogP contribution is 2.29. The maximum Gasteiger partial charge on any atom is 0.319 e. The van der Waals surface area contributed by atoms with Crippen LogP contribution in [0.15, 0.2) is 24.3 Å². The van der Waals surface area contributed by atoms with E-state index in [2.05, 4.69) is 54.6 Å². The summed E-state index contributed by atoms with van der Waals surface area (Å²) in [6.07, 6.45) is 2.23. The number of hydrogen-bond acceptors (Lipinski definition) is 3. The Labute approximate surface area is 147 Å². The molecule has 0 aliphatic carbocycles. The van der Waals surface area contributed by atoms with Crippen molar-refractivity contribution in [3.63, 3.8) is 0 Å². The van der Waals surface area contributed by atoms with Crippen LogP contribution in [0.5, 0.6) is 0 Å². The number of carbonyl (C=O) groups is 1. The van der Waals surface area contributed by atoms with Crippen LogP contribution in [0.4, 0.5) is 16.2 Å². The van der Waals surface area contributed by atoms with Crippen molar-refractivity contribution >= 4 is 28.7 Å². The molecule has 128 valence electrons. The zero-order valence-corrected chi connectivity index (χ0v) is 15.6. The Balaban J connectivity index is 1.66. The van der Waals surface area contributed by atoms with Crippen molar-refractivity contribution in [3.8, 4) is 0 Å². The predicted molar refractivity (Wildman–Crippen MR) is 102 cm³/mol. The van der Waals surface area contributed by atoms with Crippen molar-refractivity contribution in [2.75, 3.05) is 23.8 Å². The predicted octanol–water partition coefficient (Wildman–Crippen LogP) is 4.63. The Hall–Kier alpha value is -2.01. The molecule has 1 aliphatic rings. The largest absolute Gasteiger partial charge is 0.374 e. The lowest BCUT2D eigenvalue weighted by Crippen LogP contribution is -2.31. The van der Waals surface area contributed by atoms with Gasteiger partial charge in [0.05, 0.1) is 6.04 Å². The van der Waals surface area contributed by atoms with Crippen molar-refractivity contribution in [2.24, 2.45) is 0 Å². The van der Waals surface area contributed by atoms with Gasteiger partial charge in [-0.15, -0.1) is 11.3 Å². The van der Waals surface area contributed by atoms with E-state index in [0.717, 1.165) is 25.1 Å². The van der Waals surface area contributed by atoms with Crippen LogP contribution in [0.25, 0.3) is 0 Å². The lowest BCUT2D eigenvalue weighted by Gasteiger charge is -2.27. The molecule has 0 spiro atoms. The number of urea groups is 1. The normalized spacial score (nSPS) is 14.9. The van der Waals surface area contributed by atoms with Crippen LogP contribution in [-0.2, 0) is 6.42 Å². The third-order valence-electron chi connectivity index (χ3n) is 4.58. The minimum absolute atomic E-state index is 0.00119. The van der Waals surface area contributed by atoms with Crippen LogP contribution in [0.2, 0.25) is 0 Å². The lowest BCUT2D eigenvalue weighted by atomic mass is 10.0. The smallest absolute Gasteiger partial charge is 0.319 e. The molecule has 1 aliphatic heterocycles. The van der Waals surface area contributed by atoms with Gasteiger partial charge in [0, 0.05) is 34.7 Å². The average Bonchev–Trinajstić information content (AvgIpc) is 2.86. The van der Waals surface area contributed by atoms with E-state index in [1.807, 2.05) is 13.0 Å². The molecule has 1 atom stereocenters. The molecule has 0 radical (unpaired) electrons. The number of thiophene rings is 1. The Morgan fingerprint density at radius 3 is 2.79 bits per heavy atom. The van der Waals surface area contributed by atoms with Gasteiger partial charge in [-0.3, -0.25) is 0 Å². The molecule has 0 saturated carbocycles. The van der Waals surface area contributed by atoms with Crippen LogP contribution < -0.4 is 15.5 Å². The van der Waals surface area contributed by atoms with Gasteiger partial charge >= 0.3 is 6.03 Å². The lowest BCUT2D eigenvalue weighted by molar-refractivity contribution is 0.249. The van der Waals surface area contributed by atoms with E-state index in [9.17, 15) is 4.79 Å². The summed E-state index contributed by atoms with van der Waals surface area (Å²) >= 11 is 1.77. The van der Waals surface area contributed by atoms with Crippen LogP contribution >= 0.6 is 11.3 Å². The summed E-state index contributed by atoms with van der Waals surface area (Å²) < 4.78 is 0. The van der Waals surface area contributed by atoms with Gasteiger partial charge in [-0.2, -0.15) is 0 Å². The molecule has 1 aromatic carbocycles. The van der Waals surface area contributed by atoms with Crippen LogP contribution in [-0.4, -0.2) is 19.6 Å². The summed E-state index contributed by atoms with van der Waals surface area (Å²) in [5.41, 5.74) is 4.62. The summed E-state index contributed by atoms with van der Waals surface area (Å²) in [6, 6.07) is 8.16. The zero-order valence-electron chi connectivity index (χ0n) is 14.8. The van der Waals surface area contributed by atoms with E-state index in [4.69, 9.17) is 0 Å². The molecule has 2 N–H and O–H groups in total. The third kappa shape index (κ3) is 3.56. The molecule has 1 aromatic heterocycles. The summed E-state index contributed by atoms with van der Waals surface area (Å²) in [4.78, 5) is 17.1. The highest BCUT2D eigenvalue weighted by Gasteiger charge is 2.16. The van der Waals surface area contributed by atoms with E-state index in [0.29, 0.717) is 0 Å². The highest BCUT2D eigenvalue weighted by molar-refractivity contribution is 7.12. The topological polar surface area (TPSA) is 44.4 Å². The fourth-order valence-electron chi connectivity index (χ4n) is 3.38. The van der Waals surface area contributed by atoms with Crippen molar-refractivity contribution in [2.45, 2.75) is 39.7 Å². The number of amides is 2. The first-order valence-electron chi connectivity index (χ1n) is 8.42. The van der Waals surface area contributed by atoms with Gasteiger partial charge in [-0.05, 0) is 69.0 Å². The molecule has 0 saturated heterocycles. The first-order chi connectivity index (χ1) is 11.4. The van der Waals surface area contributed by atoms with Gasteiger partial charge < -0.3 is 15.5 Å². The Bertz CT molecular complexity index is 753.